The molecule has 1 heterocycles. The first-order valence-corrected chi connectivity index (χ1v) is 10.1. The molecular weight excluding hydrogens is 224 g/mol. The molecule has 1 rings (SSSR count). The number of hydrogen-bond donors (Lipinski definition) is 0. The number of hydrogen-bond acceptors (Lipinski definition) is 3. The Kier molecular flexibility index (Phi) is 4.88. The standard InChI is InChI=1S/C10H20N2OSSi/c1-14-10-5-6-11-12(10)9-13-7-8-15(2,3)4/h5-6H,7-9H2,1-4H3. The molecule has 1 aromatic heterocycles. The first-order chi connectivity index (χ1) is 7.03. The van der Waals surface area contributed by atoms with Crippen LogP contribution in [-0.2, 0) is 11.5 Å². The zero-order valence-corrected chi connectivity index (χ0v) is 11.8. The van der Waals surface area contributed by atoms with Crippen molar-refractivity contribution in [2.75, 3.05) is 12.9 Å². The van der Waals surface area contributed by atoms with Crippen LogP contribution in [-0.4, -0.2) is 30.7 Å². The molecule has 0 saturated carbocycles. The van der Waals surface area contributed by atoms with E-state index in [1.807, 2.05) is 16.9 Å². The molecule has 0 aliphatic heterocycles. The van der Waals surface area contributed by atoms with Gasteiger partial charge in [-0.05, 0) is 18.4 Å². The average molecular weight is 244 g/mol. The molecule has 15 heavy (non-hydrogen) atoms. The fourth-order valence-electron chi connectivity index (χ4n) is 1.12. The summed E-state index contributed by atoms with van der Waals surface area (Å²) in [6.07, 6.45) is 3.86. The third kappa shape index (κ3) is 4.86. The van der Waals surface area contributed by atoms with E-state index in [-0.39, 0.29) is 0 Å². The van der Waals surface area contributed by atoms with E-state index in [9.17, 15) is 0 Å². The highest BCUT2D eigenvalue weighted by atomic mass is 32.2. The first kappa shape index (κ1) is 12.8. The van der Waals surface area contributed by atoms with Crippen molar-refractivity contribution in [2.24, 2.45) is 0 Å². The van der Waals surface area contributed by atoms with Crippen molar-refractivity contribution in [3.05, 3.63) is 12.3 Å². The second-order valence-electron chi connectivity index (χ2n) is 4.72. The lowest BCUT2D eigenvalue weighted by Gasteiger charge is -2.15. The molecule has 0 radical (unpaired) electrons. The molecule has 0 atom stereocenters. The molecule has 3 nitrogen and oxygen atoms in total. The van der Waals surface area contributed by atoms with Crippen LogP contribution < -0.4 is 0 Å². The minimum atomic E-state index is -0.961. The van der Waals surface area contributed by atoms with E-state index in [1.54, 1.807) is 11.8 Å². The Labute approximate surface area is 97.2 Å². The summed E-state index contributed by atoms with van der Waals surface area (Å²) in [6.45, 7) is 8.50. The predicted molar refractivity (Wildman–Crippen MR) is 68.1 cm³/mol. The van der Waals surface area contributed by atoms with Crippen molar-refractivity contribution in [3.8, 4) is 0 Å². The molecule has 0 aliphatic rings. The molecule has 1 aromatic rings. The second-order valence-corrected chi connectivity index (χ2v) is 11.2. The maximum absolute atomic E-state index is 5.62. The van der Waals surface area contributed by atoms with Gasteiger partial charge in [0.15, 0.2) is 0 Å². The number of ether oxygens (including phenoxy) is 1. The Hall–Kier alpha value is -0.263. The third-order valence-corrected chi connectivity index (χ3v) is 4.57. The van der Waals surface area contributed by atoms with Gasteiger partial charge in [0.25, 0.3) is 0 Å². The van der Waals surface area contributed by atoms with Crippen LogP contribution in [0.25, 0.3) is 0 Å². The van der Waals surface area contributed by atoms with Crippen LogP contribution in [0.4, 0.5) is 0 Å². The lowest BCUT2D eigenvalue weighted by molar-refractivity contribution is 0.0726. The van der Waals surface area contributed by atoms with Crippen LogP contribution in [0.1, 0.15) is 0 Å². The molecule has 0 aromatic carbocycles. The molecule has 0 bridgehead atoms. The Bertz CT molecular complexity index is 296. The van der Waals surface area contributed by atoms with Crippen molar-refractivity contribution in [1.82, 2.24) is 9.78 Å². The van der Waals surface area contributed by atoms with Gasteiger partial charge < -0.3 is 4.74 Å². The van der Waals surface area contributed by atoms with E-state index in [2.05, 4.69) is 31.0 Å². The van der Waals surface area contributed by atoms with E-state index >= 15 is 0 Å². The largest absolute Gasteiger partial charge is 0.359 e. The minimum absolute atomic E-state index is 0.577. The first-order valence-electron chi connectivity index (χ1n) is 5.16. The monoisotopic (exact) mass is 244 g/mol. The normalized spacial score (nSPS) is 12.0. The van der Waals surface area contributed by atoms with E-state index in [4.69, 9.17) is 4.74 Å². The van der Waals surface area contributed by atoms with Crippen LogP contribution in [0.15, 0.2) is 17.3 Å². The maximum atomic E-state index is 5.62. The summed E-state index contributed by atoms with van der Waals surface area (Å²) < 4.78 is 7.52. The van der Waals surface area contributed by atoms with Gasteiger partial charge in [-0.1, -0.05) is 19.6 Å². The second kappa shape index (κ2) is 5.72. The van der Waals surface area contributed by atoms with Crippen molar-refractivity contribution < 1.29 is 4.74 Å². The van der Waals surface area contributed by atoms with Crippen LogP contribution in [0.2, 0.25) is 25.7 Å². The zero-order chi connectivity index (χ0) is 11.3. The number of rotatable bonds is 6. The lowest BCUT2D eigenvalue weighted by atomic mass is 10.7. The Morgan fingerprint density at radius 1 is 1.47 bits per heavy atom. The van der Waals surface area contributed by atoms with Gasteiger partial charge in [-0.15, -0.1) is 11.8 Å². The summed E-state index contributed by atoms with van der Waals surface area (Å²) in [5.41, 5.74) is 0. The molecule has 0 saturated heterocycles. The van der Waals surface area contributed by atoms with Gasteiger partial charge >= 0.3 is 0 Å². The summed E-state index contributed by atoms with van der Waals surface area (Å²) in [6, 6.07) is 3.22. The van der Waals surface area contributed by atoms with Crippen LogP contribution >= 0.6 is 11.8 Å². The van der Waals surface area contributed by atoms with Crippen molar-refractivity contribution in [3.63, 3.8) is 0 Å². The molecule has 0 fully saturated rings. The summed E-state index contributed by atoms with van der Waals surface area (Å²) >= 11 is 1.69. The average Bonchev–Trinajstić information content (AvgIpc) is 2.58. The molecule has 0 spiro atoms. The van der Waals surface area contributed by atoms with Crippen molar-refractivity contribution in [2.45, 2.75) is 37.4 Å². The quantitative estimate of drug-likeness (QED) is 0.437. The van der Waals surface area contributed by atoms with Crippen LogP contribution in [0, 0.1) is 0 Å². The van der Waals surface area contributed by atoms with Crippen molar-refractivity contribution in [1.29, 1.82) is 0 Å². The van der Waals surface area contributed by atoms with Crippen LogP contribution in [0.3, 0.4) is 0 Å². The molecule has 0 aliphatic carbocycles. The molecule has 5 heteroatoms. The van der Waals surface area contributed by atoms with E-state index in [0.29, 0.717) is 6.73 Å². The van der Waals surface area contributed by atoms with Gasteiger partial charge in [-0.3, -0.25) is 0 Å². The molecule has 0 unspecified atom stereocenters. The van der Waals surface area contributed by atoms with Crippen molar-refractivity contribution >= 4 is 19.8 Å². The minimum Gasteiger partial charge on any atom is -0.359 e. The van der Waals surface area contributed by atoms with Gasteiger partial charge in [0, 0.05) is 14.7 Å². The SMILES string of the molecule is CSc1ccnn1COCC[Si](C)(C)C. The topological polar surface area (TPSA) is 27.1 Å². The Morgan fingerprint density at radius 3 is 2.80 bits per heavy atom. The summed E-state index contributed by atoms with van der Waals surface area (Å²) in [5, 5.41) is 5.36. The van der Waals surface area contributed by atoms with Gasteiger partial charge in [0.2, 0.25) is 0 Å². The van der Waals surface area contributed by atoms with E-state index < -0.39 is 8.07 Å². The van der Waals surface area contributed by atoms with Gasteiger partial charge in [-0.25, -0.2) is 4.68 Å². The zero-order valence-electron chi connectivity index (χ0n) is 9.99. The Balaban J connectivity index is 2.26. The fourth-order valence-corrected chi connectivity index (χ4v) is 2.38. The van der Waals surface area contributed by atoms with Gasteiger partial charge in [-0.2, -0.15) is 5.10 Å². The smallest absolute Gasteiger partial charge is 0.140 e. The third-order valence-electron chi connectivity index (χ3n) is 2.10. The molecule has 0 N–H and O–H groups in total. The highest BCUT2D eigenvalue weighted by Crippen LogP contribution is 2.13. The lowest BCUT2D eigenvalue weighted by Crippen LogP contribution is -2.22. The van der Waals surface area contributed by atoms with Gasteiger partial charge in [0.1, 0.15) is 6.73 Å². The number of nitrogens with zero attached hydrogens (tertiary/aromatic N) is 2. The fraction of sp³-hybridized carbons (Fsp3) is 0.700. The van der Waals surface area contributed by atoms with E-state index in [0.717, 1.165) is 11.6 Å². The highest BCUT2D eigenvalue weighted by Gasteiger charge is 2.12. The Morgan fingerprint density at radius 2 is 2.20 bits per heavy atom. The number of aromatic nitrogens is 2. The van der Waals surface area contributed by atoms with E-state index in [1.165, 1.54) is 6.04 Å². The maximum Gasteiger partial charge on any atom is 0.140 e. The molecule has 86 valence electrons. The summed E-state index contributed by atoms with van der Waals surface area (Å²) in [4.78, 5) is 0. The summed E-state index contributed by atoms with van der Waals surface area (Å²) in [5.74, 6) is 0. The van der Waals surface area contributed by atoms with Crippen LogP contribution in [0.5, 0.6) is 0 Å². The molecular formula is C10H20N2OSSi. The summed E-state index contributed by atoms with van der Waals surface area (Å²) in [7, 11) is -0.961. The van der Waals surface area contributed by atoms with Gasteiger partial charge in [0.05, 0.1) is 11.2 Å². The highest BCUT2D eigenvalue weighted by molar-refractivity contribution is 7.98. The molecule has 0 amide bonds. The number of thioether (sulfide) groups is 1. The predicted octanol–water partition coefficient (Wildman–Crippen LogP) is 2.92.